The molecule has 3 amide bonds. The minimum Gasteiger partial charge on any atom is -0.504 e. The second kappa shape index (κ2) is 17.1. The van der Waals surface area contributed by atoms with Crippen LogP contribution in [0.4, 0.5) is 5.69 Å². The number of phenolic OH excluding ortho intramolecular Hbond substituents is 1. The Bertz CT molecular complexity index is 1130. The number of hydrogen-bond acceptors (Lipinski definition) is 7. The van der Waals surface area contributed by atoms with Crippen LogP contribution >= 0.6 is 0 Å². The maximum atomic E-state index is 13.3. The lowest BCUT2D eigenvalue weighted by Crippen LogP contribution is -2.37. The molecule has 0 aliphatic rings. The fraction of sp³-hybridized carbons (Fsp3) is 0.444. The Kier molecular flexibility index (Phi) is 16.6. The minimum atomic E-state index is -3.62. The smallest absolute Gasteiger partial charge is 0.261 e. The summed E-state index contributed by atoms with van der Waals surface area (Å²) in [4.78, 5) is 37.6. The number of rotatable bonds is 9. The predicted octanol–water partition coefficient (Wildman–Crippen LogP) is 5.13. The van der Waals surface area contributed by atoms with Gasteiger partial charge in [-0.3, -0.25) is 19.3 Å². The van der Waals surface area contributed by atoms with Crippen molar-refractivity contribution in [1.29, 1.82) is 0 Å². The van der Waals surface area contributed by atoms with E-state index in [1.807, 2.05) is 27.7 Å². The van der Waals surface area contributed by atoms with Crippen molar-refractivity contribution in [2.24, 2.45) is 0 Å². The fourth-order valence-electron chi connectivity index (χ4n) is 3.23. The molecule has 208 valence electrons. The summed E-state index contributed by atoms with van der Waals surface area (Å²) in [6.07, 6.45) is 1.27. The monoisotopic (exact) mass is 538 g/mol. The molecule has 0 saturated carbocycles. The molecule has 2 aromatic carbocycles. The third-order valence-corrected chi connectivity index (χ3v) is 5.61. The molecular weight excluding hydrogens is 496 g/mol. The first kappa shape index (κ1) is 35.8. The maximum absolute atomic E-state index is 13.3. The van der Waals surface area contributed by atoms with Crippen LogP contribution in [0.25, 0.3) is 0 Å². The second-order valence-corrected chi connectivity index (χ2v) is 9.43. The Hall–Kier alpha value is -3.40. The van der Waals surface area contributed by atoms with E-state index < -0.39 is 27.5 Å². The summed E-state index contributed by atoms with van der Waals surface area (Å²) < 4.78 is 29.6. The van der Waals surface area contributed by atoms with Crippen molar-refractivity contribution in [3.8, 4) is 11.5 Å². The van der Waals surface area contributed by atoms with E-state index in [9.17, 15) is 27.9 Å². The summed E-state index contributed by atoms with van der Waals surface area (Å²) in [5.74, 6) is -1.64. The molecule has 0 aliphatic carbocycles. The standard InChI is InChI=1S/C22H26N2O7S.2C2H6.CH4/c1-5-31-21-11-16(9-10-20(21)27)19(12-32(4,29)30)24(13-25)22(28)17-7-6-8-18(14(17)2)23-15(3)26;2*1-2;/h6-11,13,19,27H,5,12H2,1-4H3,(H,23,26);2*1-2H3;1H4/t19-;;;/m1.../s1. The maximum Gasteiger partial charge on any atom is 0.261 e. The first-order valence-corrected chi connectivity index (χ1v) is 13.8. The van der Waals surface area contributed by atoms with E-state index in [1.54, 1.807) is 26.0 Å². The van der Waals surface area contributed by atoms with E-state index in [-0.39, 0.29) is 43.4 Å². The number of nitrogens with zero attached hydrogens (tertiary/aromatic N) is 1. The summed E-state index contributed by atoms with van der Waals surface area (Å²) in [5.41, 5.74) is 1.26. The average molecular weight is 539 g/mol. The molecule has 2 rings (SSSR count). The van der Waals surface area contributed by atoms with Gasteiger partial charge in [0, 0.05) is 24.4 Å². The van der Waals surface area contributed by atoms with E-state index in [0.29, 0.717) is 16.8 Å². The van der Waals surface area contributed by atoms with Crippen molar-refractivity contribution in [2.75, 3.05) is 23.9 Å². The van der Waals surface area contributed by atoms with Crippen molar-refractivity contribution in [3.05, 3.63) is 53.1 Å². The molecule has 0 spiro atoms. The van der Waals surface area contributed by atoms with Crippen molar-refractivity contribution < 1.29 is 32.6 Å². The van der Waals surface area contributed by atoms with Gasteiger partial charge >= 0.3 is 0 Å². The second-order valence-electron chi connectivity index (χ2n) is 7.25. The molecular formula is C27H42N2O7S. The topological polar surface area (TPSA) is 130 Å². The number of carbonyl (C=O) groups is 3. The molecule has 0 heterocycles. The number of ether oxygens (including phenoxy) is 1. The Morgan fingerprint density at radius 2 is 1.73 bits per heavy atom. The van der Waals surface area contributed by atoms with Crippen molar-refractivity contribution in [2.45, 2.75) is 61.9 Å². The highest BCUT2D eigenvalue weighted by molar-refractivity contribution is 7.90. The number of imide groups is 1. The van der Waals surface area contributed by atoms with Crippen molar-refractivity contribution in [3.63, 3.8) is 0 Å². The van der Waals surface area contributed by atoms with Crippen molar-refractivity contribution >= 4 is 33.7 Å². The Morgan fingerprint density at radius 1 is 1.14 bits per heavy atom. The molecule has 0 aromatic heterocycles. The number of phenols is 1. The number of aromatic hydroxyl groups is 1. The van der Waals surface area contributed by atoms with Crippen LogP contribution in [-0.2, 0) is 19.4 Å². The summed E-state index contributed by atoms with van der Waals surface area (Å²) in [7, 11) is -3.62. The van der Waals surface area contributed by atoms with Gasteiger partial charge in [0.15, 0.2) is 11.5 Å². The number of benzene rings is 2. The quantitative estimate of drug-likeness (QED) is 0.423. The van der Waals surface area contributed by atoms with Crippen LogP contribution in [0.1, 0.15) is 76.5 Å². The molecule has 0 fully saturated rings. The Labute approximate surface area is 221 Å². The summed E-state index contributed by atoms with van der Waals surface area (Å²) in [6, 6.07) is 7.62. The highest BCUT2D eigenvalue weighted by Crippen LogP contribution is 2.33. The summed E-state index contributed by atoms with van der Waals surface area (Å²) >= 11 is 0. The third-order valence-electron chi connectivity index (χ3n) is 4.69. The lowest BCUT2D eigenvalue weighted by molar-refractivity contribution is -0.117. The molecule has 37 heavy (non-hydrogen) atoms. The third kappa shape index (κ3) is 10.6. The molecule has 0 radical (unpaired) electrons. The van der Waals surface area contributed by atoms with Gasteiger partial charge < -0.3 is 15.2 Å². The molecule has 0 saturated heterocycles. The van der Waals surface area contributed by atoms with Crippen LogP contribution < -0.4 is 10.1 Å². The van der Waals surface area contributed by atoms with E-state index in [0.717, 1.165) is 11.2 Å². The summed E-state index contributed by atoms with van der Waals surface area (Å²) in [6.45, 7) is 12.9. The van der Waals surface area contributed by atoms with Gasteiger partial charge in [-0.1, -0.05) is 47.3 Å². The number of sulfone groups is 1. The number of hydrogen-bond donors (Lipinski definition) is 2. The van der Waals surface area contributed by atoms with Crippen LogP contribution in [0.15, 0.2) is 36.4 Å². The normalized spacial score (nSPS) is 10.7. The zero-order valence-corrected chi connectivity index (χ0v) is 23.1. The van der Waals surface area contributed by atoms with Gasteiger partial charge in [-0.2, -0.15) is 0 Å². The first-order valence-electron chi connectivity index (χ1n) is 11.8. The average Bonchev–Trinajstić information content (AvgIpc) is 2.83. The lowest BCUT2D eigenvalue weighted by atomic mass is 10.0. The SMILES string of the molecule is C.CC.CC.CCOc1cc([C@@H](CS(C)(=O)=O)N(C=O)C(=O)c2cccc(NC(C)=O)c2C)ccc1O. The molecule has 1 atom stereocenters. The number of nitrogens with one attached hydrogen (secondary N) is 1. The van der Waals surface area contributed by atoms with Crippen molar-refractivity contribution in [1.82, 2.24) is 4.90 Å². The predicted molar refractivity (Wildman–Crippen MR) is 149 cm³/mol. The van der Waals surface area contributed by atoms with E-state index >= 15 is 0 Å². The Morgan fingerprint density at radius 3 is 2.22 bits per heavy atom. The molecule has 0 aliphatic heterocycles. The van der Waals surface area contributed by atoms with Gasteiger partial charge in [0.05, 0.1) is 18.4 Å². The van der Waals surface area contributed by atoms with Crippen LogP contribution in [0.5, 0.6) is 11.5 Å². The fourth-order valence-corrected chi connectivity index (χ4v) is 4.15. The van der Waals surface area contributed by atoms with Crippen LogP contribution in [0.3, 0.4) is 0 Å². The minimum absolute atomic E-state index is 0. The molecule has 9 nitrogen and oxygen atoms in total. The number of carbonyl (C=O) groups excluding carboxylic acids is 3. The first-order chi connectivity index (χ1) is 17.0. The zero-order chi connectivity index (χ0) is 28.1. The van der Waals surface area contributed by atoms with E-state index in [2.05, 4.69) is 5.32 Å². The van der Waals surface area contributed by atoms with Crippen LogP contribution in [-0.4, -0.2) is 55.3 Å². The molecule has 2 aromatic rings. The van der Waals surface area contributed by atoms with Gasteiger partial charge in [-0.15, -0.1) is 0 Å². The van der Waals surface area contributed by atoms with Gasteiger partial charge in [0.25, 0.3) is 5.91 Å². The van der Waals surface area contributed by atoms with Gasteiger partial charge in [0.1, 0.15) is 9.84 Å². The van der Waals surface area contributed by atoms with E-state index in [4.69, 9.17) is 4.74 Å². The summed E-state index contributed by atoms with van der Waals surface area (Å²) in [5, 5.41) is 12.6. The van der Waals surface area contributed by atoms with Gasteiger partial charge in [-0.05, 0) is 49.2 Å². The molecule has 0 unspecified atom stereocenters. The largest absolute Gasteiger partial charge is 0.504 e. The van der Waals surface area contributed by atoms with Gasteiger partial charge in [0.2, 0.25) is 12.3 Å². The zero-order valence-electron chi connectivity index (χ0n) is 22.3. The van der Waals surface area contributed by atoms with Crippen LogP contribution in [0, 0.1) is 6.92 Å². The lowest BCUT2D eigenvalue weighted by Gasteiger charge is -2.28. The molecule has 0 bridgehead atoms. The highest BCUT2D eigenvalue weighted by atomic mass is 32.2. The van der Waals surface area contributed by atoms with E-state index in [1.165, 1.54) is 31.2 Å². The number of amides is 3. The molecule has 2 N–H and O–H groups in total. The highest BCUT2D eigenvalue weighted by Gasteiger charge is 2.31. The van der Waals surface area contributed by atoms with Gasteiger partial charge in [-0.25, -0.2) is 8.42 Å². The number of anilines is 1. The molecule has 10 heteroatoms. The van der Waals surface area contributed by atoms with Crippen LogP contribution in [0.2, 0.25) is 0 Å². The Balaban J connectivity index is 0.